The fourth-order valence-corrected chi connectivity index (χ4v) is 2.76. The highest BCUT2D eigenvalue weighted by molar-refractivity contribution is 8.24. The van der Waals surface area contributed by atoms with Crippen LogP contribution in [0.5, 0.6) is 0 Å². The van der Waals surface area contributed by atoms with Gasteiger partial charge in [-0.3, -0.25) is 14.1 Å². The van der Waals surface area contributed by atoms with E-state index in [1.807, 2.05) is 12.1 Å². The van der Waals surface area contributed by atoms with Gasteiger partial charge in [-0.15, -0.1) is 0 Å². The third-order valence-corrected chi connectivity index (χ3v) is 4.06. The molecule has 0 aliphatic carbocycles. The molecule has 5 heteroatoms. The van der Waals surface area contributed by atoms with Crippen LogP contribution in [0.4, 0.5) is 5.69 Å². The minimum Gasteiger partial charge on any atom is -0.367 e. The molecule has 4 nitrogen and oxygen atoms in total. The first kappa shape index (κ1) is 9.76. The normalized spacial score (nSPS) is 23.1. The van der Waals surface area contributed by atoms with Crippen LogP contribution in [0.1, 0.15) is 0 Å². The number of hydrogen-bond acceptors (Lipinski definition) is 4. The van der Waals surface area contributed by atoms with Crippen molar-refractivity contribution < 1.29 is 9.11 Å². The molecule has 1 aromatic heterocycles. The van der Waals surface area contributed by atoms with Gasteiger partial charge in [-0.25, -0.2) is 0 Å². The van der Waals surface area contributed by atoms with E-state index in [0.717, 1.165) is 5.69 Å². The van der Waals surface area contributed by atoms with Crippen molar-refractivity contribution >= 4 is 16.3 Å². The summed E-state index contributed by atoms with van der Waals surface area (Å²) in [5, 5.41) is 0. The zero-order chi connectivity index (χ0) is 10.0. The van der Waals surface area contributed by atoms with Crippen molar-refractivity contribution in [3.8, 4) is 0 Å². The Bertz CT molecular complexity index is 295. The topological polar surface area (TPSA) is 56.6 Å². The Morgan fingerprint density at radius 2 is 2.00 bits per heavy atom. The molecule has 0 saturated carbocycles. The van der Waals surface area contributed by atoms with Crippen LogP contribution in [0, 0.1) is 0 Å². The predicted molar refractivity (Wildman–Crippen MR) is 59.0 cm³/mol. The van der Waals surface area contributed by atoms with Gasteiger partial charge in [0.25, 0.3) is 0 Å². The van der Waals surface area contributed by atoms with Gasteiger partial charge in [-0.1, -0.05) is 0 Å². The molecule has 2 N–H and O–H groups in total. The molecule has 78 valence electrons. The van der Waals surface area contributed by atoms with E-state index in [4.69, 9.17) is 0 Å². The number of rotatable bonds is 1. The van der Waals surface area contributed by atoms with Crippen LogP contribution in [0.3, 0.4) is 0 Å². The summed E-state index contributed by atoms with van der Waals surface area (Å²) in [5.41, 5.74) is 1.06. The Morgan fingerprint density at radius 1 is 1.29 bits per heavy atom. The van der Waals surface area contributed by atoms with Crippen LogP contribution >= 0.6 is 10.6 Å². The number of aromatic nitrogens is 1. The summed E-state index contributed by atoms with van der Waals surface area (Å²) in [6, 6.07) is 3.88. The third kappa shape index (κ3) is 2.17. The summed E-state index contributed by atoms with van der Waals surface area (Å²) in [5.74, 6) is 0.948. The quantitative estimate of drug-likeness (QED) is 0.746. The van der Waals surface area contributed by atoms with Gasteiger partial charge in [0.15, 0.2) is 0 Å². The van der Waals surface area contributed by atoms with Crippen LogP contribution in [0.2, 0.25) is 0 Å². The van der Waals surface area contributed by atoms with Crippen LogP contribution in [0.25, 0.3) is 0 Å². The molecule has 0 atom stereocenters. The first-order chi connectivity index (χ1) is 6.67. The van der Waals surface area contributed by atoms with E-state index >= 15 is 0 Å². The van der Waals surface area contributed by atoms with Crippen molar-refractivity contribution in [3.05, 3.63) is 24.5 Å². The third-order valence-electron chi connectivity index (χ3n) is 2.39. The number of hydrogen-bond donors (Lipinski definition) is 2. The van der Waals surface area contributed by atoms with Gasteiger partial charge in [-0.2, -0.15) is 10.6 Å². The Labute approximate surface area is 84.9 Å². The van der Waals surface area contributed by atoms with E-state index in [2.05, 4.69) is 9.88 Å². The molecule has 0 spiro atoms. The van der Waals surface area contributed by atoms with Crippen molar-refractivity contribution in [2.45, 2.75) is 0 Å². The number of nitrogens with zero attached hydrogens (tertiary/aromatic N) is 2. The van der Waals surface area contributed by atoms with E-state index in [0.29, 0.717) is 24.6 Å². The fraction of sp³-hybridized carbons (Fsp3) is 0.444. The summed E-state index contributed by atoms with van der Waals surface area (Å²) in [4.78, 5) is 6.17. The van der Waals surface area contributed by atoms with Crippen LogP contribution in [-0.2, 0) is 0 Å². The van der Waals surface area contributed by atoms with Crippen molar-refractivity contribution in [1.29, 1.82) is 0 Å². The van der Waals surface area contributed by atoms with Crippen molar-refractivity contribution in [2.24, 2.45) is 0 Å². The monoisotopic (exact) mass is 214 g/mol. The highest BCUT2D eigenvalue weighted by atomic mass is 32.3. The molecule has 2 heterocycles. The standard InChI is InChI=1S/C9H14N2O2S/c12-14(13)6-4-11(5-7-14)9-2-1-3-10-8-9/h1-3,8,12-13H,4-7H2. The Kier molecular flexibility index (Phi) is 2.62. The smallest absolute Gasteiger partial charge is 0.0553 e. The first-order valence-electron chi connectivity index (χ1n) is 4.56. The summed E-state index contributed by atoms with van der Waals surface area (Å²) >= 11 is 0. The van der Waals surface area contributed by atoms with Gasteiger partial charge in [-0.05, 0) is 12.1 Å². The van der Waals surface area contributed by atoms with Gasteiger partial charge in [0, 0.05) is 19.3 Å². The summed E-state index contributed by atoms with van der Waals surface area (Å²) in [6.45, 7) is 1.40. The summed E-state index contributed by atoms with van der Waals surface area (Å²) < 4.78 is 18.9. The average molecular weight is 214 g/mol. The molecule has 1 saturated heterocycles. The zero-order valence-electron chi connectivity index (χ0n) is 7.83. The van der Waals surface area contributed by atoms with Crippen molar-refractivity contribution in [3.63, 3.8) is 0 Å². The molecule has 1 aliphatic heterocycles. The minimum absolute atomic E-state index is 0.474. The van der Waals surface area contributed by atoms with Crippen LogP contribution in [-0.4, -0.2) is 38.7 Å². The molecular weight excluding hydrogens is 200 g/mol. The lowest BCUT2D eigenvalue weighted by Gasteiger charge is -2.41. The van der Waals surface area contributed by atoms with Crippen LogP contribution in [0.15, 0.2) is 24.5 Å². The lowest BCUT2D eigenvalue weighted by molar-refractivity contribution is 0.479. The Morgan fingerprint density at radius 3 is 2.57 bits per heavy atom. The highest BCUT2D eigenvalue weighted by Crippen LogP contribution is 2.40. The predicted octanol–water partition coefficient (Wildman–Crippen LogP) is 1.65. The Hall–Kier alpha value is -0.780. The molecule has 0 radical (unpaired) electrons. The van der Waals surface area contributed by atoms with E-state index in [1.165, 1.54) is 0 Å². The van der Waals surface area contributed by atoms with E-state index in [9.17, 15) is 9.11 Å². The summed E-state index contributed by atoms with van der Waals surface area (Å²) in [7, 11) is -2.29. The molecule has 2 rings (SSSR count). The zero-order valence-corrected chi connectivity index (χ0v) is 8.65. The fourth-order valence-electron chi connectivity index (χ4n) is 1.53. The Balaban J connectivity index is 2.03. The van der Waals surface area contributed by atoms with Crippen molar-refractivity contribution in [2.75, 3.05) is 29.5 Å². The number of pyridine rings is 1. The SMILES string of the molecule is OS1(O)CCN(c2cccnc2)CC1. The summed E-state index contributed by atoms with van der Waals surface area (Å²) in [6.07, 6.45) is 3.54. The lowest BCUT2D eigenvalue weighted by atomic mass is 10.3. The molecular formula is C9H14N2O2S. The molecule has 0 amide bonds. The van der Waals surface area contributed by atoms with E-state index in [1.54, 1.807) is 12.4 Å². The van der Waals surface area contributed by atoms with Gasteiger partial charge in [0.05, 0.1) is 23.4 Å². The highest BCUT2D eigenvalue weighted by Gasteiger charge is 2.22. The maximum absolute atomic E-state index is 9.44. The first-order valence-corrected chi connectivity index (χ1v) is 6.44. The molecule has 1 aromatic rings. The van der Waals surface area contributed by atoms with E-state index < -0.39 is 10.6 Å². The minimum atomic E-state index is -2.29. The lowest BCUT2D eigenvalue weighted by Crippen LogP contribution is -2.38. The van der Waals surface area contributed by atoms with E-state index in [-0.39, 0.29) is 0 Å². The maximum Gasteiger partial charge on any atom is 0.0553 e. The van der Waals surface area contributed by atoms with Gasteiger partial charge in [0.1, 0.15) is 0 Å². The maximum atomic E-state index is 9.44. The largest absolute Gasteiger partial charge is 0.367 e. The molecule has 1 fully saturated rings. The molecule has 0 bridgehead atoms. The molecule has 0 unspecified atom stereocenters. The van der Waals surface area contributed by atoms with Crippen molar-refractivity contribution in [1.82, 2.24) is 4.98 Å². The molecule has 1 aliphatic rings. The molecule has 14 heavy (non-hydrogen) atoms. The van der Waals surface area contributed by atoms with Gasteiger partial charge in [0.2, 0.25) is 0 Å². The number of anilines is 1. The second kappa shape index (κ2) is 3.76. The second-order valence-corrected chi connectivity index (χ2v) is 5.83. The van der Waals surface area contributed by atoms with Gasteiger partial charge < -0.3 is 4.90 Å². The van der Waals surface area contributed by atoms with Gasteiger partial charge >= 0.3 is 0 Å². The molecule has 0 aromatic carbocycles. The average Bonchev–Trinajstić information content (AvgIpc) is 2.19. The van der Waals surface area contributed by atoms with Crippen LogP contribution < -0.4 is 4.90 Å². The second-order valence-electron chi connectivity index (χ2n) is 3.41.